The number of anilines is 1. The maximum atomic E-state index is 14.8. The molecule has 0 bridgehead atoms. The van der Waals surface area contributed by atoms with E-state index in [0.29, 0.717) is 11.3 Å². The third-order valence-corrected chi connectivity index (χ3v) is 5.06. The quantitative estimate of drug-likeness (QED) is 0.449. The first-order valence-electron chi connectivity index (χ1n) is 8.98. The predicted molar refractivity (Wildman–Crippen MR) is 118 cm³/mol. The van der Waals surface area contributed by atoms with Crippen LogP contribution in [0.25, 0.3) is 22.0 Å². The monoisotopic (exact) mass is 417 g/mol. The Morgan fingerprint density at radius 3 is 2.70 bits per heavy atom. The molecule has 6 nitrogen and oxygen atoms in total. The lowest BCUT2D eigenvalue weighted by atomic mass is 10.2. The molecule has 0 amide bonds. The SMILES string of the molecule is N=C/C=C(\Nc1ccccc1)c1nn(-c2ccc(-c3nccs3)cc2F)ccc1=O. The van der Waals surface area contributed by atoms with Crippen molar-refractivity contribution in [1.82, 2.24) is 14.8 Å². The van der Waals surface area contributed by atoms with Gasteiger partial charge in [-0.25, -0.2) is 14.1 Å². The van der Waals surface area contributed by atoms with E-state index in [1.54, 1.807) is 18.3 Å². The number of halogens is 1. The van der Waals surface area contributed by atoms with Gasteiger partial charge in [-0.3, -0.25) is 4.79 Å². The Bertz CT molecular complexity index is 1270. The molecule has 8 heteroatoms. The molecule has 0 radical (unpaired) electrons. The first-order valence-corrected chi connectivity index (χ1v) is 9.86. The number of nitrogens with zero attached hydrogens (tertiary/aromatic N) is 3. The van der Waals surface area contributed by atoms with Crippen LogP contribution in [0.15, 0.2) is 83.2 Å². The topological polar surface area (TPSA) is 83.7 Å². The van der Waals surface area contributed by atoms with E-state index in [4.69, 9.17) is 5.41 Å². The van der Waals surface area contributed by atoms with Gasteiger partial charge in [0.15, 0.2) is 5.69 Å². The minimum absolute atomic E-state index is 0.0771. The summed E-state index contributed by atoms with van der Waals surface area (Å²) in [5, 5.41) is 17.4. The smallest absolute Gasteiger partial charge is 0.209 e. The Morgan fingerprint density at radius 1 is 1.17 bits per heavy atom. The molecule has 2 aromatic heterocycles. The highest BCUT2D eigenvalue weighted by atomic mass is 32.1. The second-order valence-corrected chi connectivity index (χ2v) is 7.11. The van der Waals surface area contributed by atoms with Crippen molar-refractivity contribution in [2.75, 3.05) is 5.32 Å². The zero-order chi connectivity index (χ0) is 20.9. The van der Waals surface area contributed by atoms with Gasteiger partial charge in [-0.1, -0.05) is 18.2 Å². The van der Waals surface area contributed by atoms with Crippen LogP contribution < -0.4 is 10.7 Å². The molecule has 2 aromatic carbocycles. The summed E-state index contributed by atoms with van der Waals surface area (Å²) in [7, 11) is 0. The number of para-hydroxylation sites is 1. The van der Waals surface area contributed by atoms with Gasteiger partial charge in [0.05, 0.1) is 5.70 Å². The molecule has 30 heavy (non-hydrogen) atoms. The predicted octanol–water partition coefficient (Wildman–Crippen LogP) is 4.60. The molecule has 0 unspecified atom stereocenters. The Balaban J connectivity index is 1.73. The number of aromatic nitrogens is 3. The van der Waals surface area contributed by atoms with E-state index < -0.39 is 5.82 Å². The Morgan fingerprint density at radius 2 is 2.00 bits per heavy atom. The Hall–Kier alpha value is -3.91. The number of hydrogen-bond acceptors (Lipinski definition) is 6. The first kappa shape index (κ1) is 19.4. The highest BCUT2D eigenvalue weighted by Gasteiger charge is 2.13. The third kappa shape index (κ3) is 4.08. The van der Waals surface area contributed by atoms with E-state index >= 15 is 0 Å². The summed E-state index contributed by atoms with van der Waals surface area (Å²) in [6.07, 6.45) is 5.58. The Labute approximate surface area is 175 Å². The molecule has 4 rings (SSSR count). The minimum atomic E-state index is -0.488. The van der Waals surface area contributed by atoms with E-state index in [1.165, 1.54) is 40.4 Å². The number of allylic oxidation sites excluding steroid dienone is 1. The lowest BCUT2D eigenvalue weighted by molar-refractivity contribution is 0.608. The second-order valence-electron chi connectivity index (χ2n) is 6.21. The zero-order valence-electron chi connectivity index (χ0n) is 15.6. The van der Waals surface area contributed by atoms with E-state index in [0.717, 1.165) is 16.9 Å². The van der Waals surface area contributed by atoms with Crippen molar-refractivity contribution in [1.29, 1.82) is 5.41 Å². The molecule has 0 aliphatic heterocycles. The summed E-state index contributed by atoms with van der Waals surface area (Å²) < 4.78 is 16.1. The van der Waals surface area contributed by atoms with Gasteiger partial charge in [-0.15, -0.1) is 11.3 Å². The van der Waals surface area contributed by atoms with E-state index in [-0.39, 0.29) is 16.8 Å². The van der Waals surface area contributed by atoms with Crippen LogP contribution in [-0.2, 0) is 0 Å². The van der Waals surface area contributed by atoms with Gasteiger partial charge < -0.3 is 10.7 Å². The van der Waals surface area contributed by atoms with Crippen LogP contribution in [0.1, 0.15) is 5.69 Å². The van der Waals surface area contributed by atoms with E-state index in [2.05, 4.69) is 15.4 Å². The van der Waals surface area contributed by atoms with Crippen molar-refractivity contribution < 1.29 is 4.39 Å². The fourth-order valence-electron chi connectivity index (χ4n) is 2.86. The van der Waals surface area contributed by atoms with E-state index in [1.807, 2.05) is 35.7 Å². The average molecular weight is 417 g/mol. The number of thiazole rings is 1. The average Bonchev–Trinajstić information content (AvgIpc) is 3.30. The number of nitrogens with one attached hydrogen (secondary N) is 2. The maximum absolute atomic E-state index is 14.8. The molecule has 0 fully saturated rings. The van der Waals surface area contributed by atoms with Gasteiger partial charge in [0, 0.05) is 41.3 Å². The van der Waals surface area contributed by atoms with Crippen LogP contribution in [0.4, 0.5) is 10.1 Å². The van der Waals surface area contributed by atoms with Gasteiger partial charge in [-0.05, 0) is 36.4 Å². The third-order valence-electron chi connectivity index (χ3n) is 4.24. The molecule has 0 aliphatic carbocycles. The van der Waals surface area contributed by atoms with Gasteiger partial charge >= 0.3 is 0 Å². The first-order chi connectivity index (χ1) is 14.7. The van der Waals surface area contributed by atoms with Gasteiger partial charge in [0.25, 0.3) is 0 Å². The van der Waals surface area contributed by atoms with Crippen LogP contribution in [-0.4, -0.2) is 21.0 Å². The molecule has 0 saturated heterocycles. The summed E-state index contributed by atoms with van der Waals surface area (Å²) in [6.45, 7) is 0. The van der Waals surface area contributed by atoms with Crippen molar-refractivity contribution in [3.63, 3.8) is 0 Å². The molecule has 4 aromatic rings. The normalized spacial score (nSPS) is 11.3. The van der Waals surface area contributed by atoms with Crippen molar-refractivity contribution in [2.45, 2.75) is 0 Å². The minimum Gasteiger partial charge on any atom is -0.354 e. The molecule has 148 valence electrons. The van der Waals surface area contributed by atoms with Gasteiger partial charge in [0.2, 0.25) is 5.43 Å². The molecule has 0 saturated carbocycles. The fourth-order valence-corrected chi connectivity index (χ4v) is 3.50. The van der Waals surface area contributed by atoms with Crippen LogP contribution in [0, 0.1) is 11.2 Å². The molecular weight excluding hydrogens is 401 g/mol. The molecule has 2 N–H and O–H groups in total. The maximum Gasteiger partial charge on any atom is 0.209 e. The summed E-state index contributed by atoms with van der Waals surface area (Å²) >= 11 is 1.42. The van der Waals surface area contributed by atoms with Gasteiger partial charge in [-0.2, -0.15) is 5.10 Å². The summed E-state index contributed by atoms with van der Waals surface area (Å²) in [5.41, 5.74) is 1.68. The van der Waals surface area contributed by atoms with Gasteiger partial charge in [0.1, 0.15) is 16.5 Å². The highest BCUT2D eigenvalue weighted by molar-refractivity contribution is 7.13. The van der Waals surface area contributed by atoms with Crippen molar-refractivity contribution in [3.8, 4) is 16.3 Å². The lowest BCUT2D eigenvalue weighted by Crippen LogP contribution is -2.18. The number of benzene rings is 2. The highest BCUT2D eigenvalue weighted by Crippen LogP contribution is 2.25. The standard InChI is InChI=1S/C22H16FN5OS/c23-17-14-15(22-25-11-13-30-22)6-7-19(17)28-12-9-20(29)21(27-28)18(8-10-24)26-16-4-2-1-3-5-16/h1-14,24,26H/b18-8-,24-10?. The Kier molecular flexibility index (Phi) is 5.58. The summed E-state index contributed by atoms with van der Waals surface area (Å²) in [4.78, 5) is 16.7. The molecular formula is C22H16FN5OS. The number of hydrogen-bond donors (Lipinski definition) is 2. The molecule has 2 heterocycles. The zero-order valence-corrected chi connectivity index (χ0v) is 16.4. The molecule has 0 aliphatic rings. The molecule has 0 spiro atoms. The van der Waals surface area contributed by atoms with Crippen molar-refractivity contribution in [2.24, 2.45) is 0 Å². The van der Waals surface area contributed by atoms with Crippen LogP contribution >= 0.6 is 11.3 Å². The fraction of sp³-hybridized carbons (Fsp3) is 0. The lowest BCUT2D eigenvalue weighted by Gasteiger charge is -2.13. The second kappa shape index (κ2) is 8.62. The van der Waals surface area contributed by atoms with Crippen LogP contribution in [0.2, 0.25) is 0 Å². The summed E-state index contributed by atoms with van der Waals surface area (Å²) in [6, 6.07) is 15.3. The van der Waals surface area contributed by atoms with Crippen LogP contribution in [0.3, 0.4) is 0 Å². The largest absolute Gasteiger partial charge is 0.354 e. The number of rotatable bonds is 6. The summed E-state index contributed by atoms with van der Waals surface area (Å²) in [5.74, 6) is -0.488. The van der Waals surface area contributed by atoms with Crippen molar-refractivity contribution in [3.05, 3.63) is 100 Å². The van der Waals surface area contributed by atoms with E-state index in [9.17, 15) is 9.18 Å². The molecule has 0 atom stereocenters. The van der Waals surface area contributed by atoms with Crippen molar-refractivity contribution >= 4 is 28.9 Å². The van der Waals surface area contributed by atoms with Crippen LogP contribution in [0.5, 0.6) is 0 Å².